The molecule has 1 N–H and O–H groups in total. The number of pyridine rings is 1. The minimum atomic E-state index is -0.680. The fraction of sp³-hybridized carbons (Fsp3) is 0.294. The monoisotopic (exact) mass is 282 g/mol. The fourth-order valence-corrected chi connectivity index (χ4v) is 2.76. The molecule has 1 aromatic carbocycles. The highest BCUT2D eigenvalue weighted by Crippen LogP contribution is 2.26. The Balaban J connectivity index is 1.77. The van der Waals surface area contributed by atoms with Crippen LogP contribution in [0.5, 0.6) is 0 Å². The molecule has 21 heavy (non-hydrogen) atoms. The quantitative estimate of drug-likeness (QED) is 0.940. The summed E-state index contributed by atoms with van der Waals surface area (Å²) in [4.78, 5) is 17.6. The molecular weight excluding hydrogens is 264 g/mol. The van der Waals surface area contributed by atoms with Crippen LogP contribution in [0.2, 0.25) is 0 Å². The van der Waals surface area contributed by atoms with E-state index >= 15 is 0 Å². The Bertz CT molecular complexity index is 620. The molecule has 1 aliphatic heterocycles. The molecule has 0 spiro atoms. The maximum atomic E-state index is 11.0. The first-order valence-electron chi connectivity index (χ1n) is 7.23. The van der Waals surface area contributed by atoms with Crippen LogP contribution in [0.1, 0.15) is 12.8 Å². The summed E-state index contributed by atoms with van der Waals surface area (Å²) in [5.41, 5.74) is 2.31. The van der Waals surface area contributed by atoms with Gasteiger partial charge in [-0.1, -0.05) is 30.3 Å². The van der Waals surface area contributed by atoms with Crippen molar-refractivity contribution in [1.82, 2.24) is 4.98 Å². The number of nitrogens with zero attached hydrogens (tertiary/aromatic N) is 2. The maximum absolute atomic E-state index is 11.0. The van der Waals surface area contributed by atoms with Crippen molar-refractivity contribution in [3.8, 4) is 11.1 Å². The number of carbonyl (C=O) groups is 1. The van der Waals surface area contributed by atoms with E-state index in [0.717, 1.165) is 24.5 Å². The highest BCUT2D eigenvalue weighted by Gasteiger charge is 2.25. The highest BCUT2D eigenvalue weighted by atomic mass is 16.4. The molecule has 2 aromatic rings. The predicted octanol–water partition coefficient (Wildman–Crippen LogP) is 3.05. The molecule has 0 saturated carbocycles. The third-order valence-corrected chi connectivity index (χ3v) is 4.02. The number of carboxylic acids is 1. The lowest BCUT2D eigenvalue weighted by atomic mass is 9.97. The molecule has 0 atom stereocenters. The zero-order chi connectivity index (χ0) is 14.7. The van der Waals surface area contributed by atoms with Gasteiger partial charge in [0.2, 0.25) is 0 Å². The Kier molecular flexibility index (Phi) is 3.86. The Labute approximate surface area is 124 Å². The van der Waals surface area contributed by atoms with Crippen molar-refractivity contribution < 1.29 is 9.90 Å². The van der Waals surface area contributed by atoms with E-state index < -0.39 is 5.97 Å². The first-order chi connectivity index (χ1) is 10.2. The first kappa shape index (κ1) is 13.6. The minimum Gasteiger partial charge on any atom is -0.481 e. The topological polar surface area (TPSA) is 53.4 Å². The smallest absolute Gasteiger partial charge is 0.306 e. The summed E-state index contributed by atoms with van der Waals surface area (Å²) in [5, 5.41) is 9.05. The lowest BCUT2D eigenvalue weighted by Gasteiger charge is -2.31. The van der Waals surface area contributed by atoms with Gasteiger partial charge in [-0.05, 0) is 36.1 Å². The van der Waals surface area contributed by atoms with Crippen molar-refractivity contribution in [2.75, 3.05) is 18.0 Å². The van der Waals surface area contributed by atoms with Gasteiger partial charge in [-0.25, -0.2) is 4.98 Å². The number of aliphatic carboxylic acids is 1. The van der Waals surface area contributed by atoms with Crippen LogP contribution >= 0.6 is 0 Å². The standard InChI is InChI=1S/C17H18N2O2/c20-17(21)14-7-10-19(11-8-14)16-12-15(6-9-18-16)13-4-2-1-3-5-13/h1-6,9,12,14H,7-8,10-11H2,(H,20,21). The number of rotatable bonds is 3. The van der Waals surface area contributed by atoms with Gasteiger partial charge in [0.15, 0.2) is 0 Å². The van der Waals surface area contributed by atoms with Crippen molar-refractivity contribution in [3.05, 3.63) is 48.7 Å². The van der Waals surface area contributed by atoms with Gasteiger partial charge in [0.05, 0.1) is 5.92 Å². The highest BCUT2D eigenvalue weighted by molar-refractivity contribution is 5.71. The van der Waals surface area contributed by atoms with Gasteiger partial charge in [0.25, 0.3) is 0 Å². The SMILES string of the molecule is O=C(O)C1CCN(c2cc(-c3ccccc3)ccn2)CC1. The Morgan fingerprint density at radius 3 is 2.48 bits per heavy atom. The molecule has 0 amide bonds. The molecule has 1 saturated heterocycles. The lowest BCUT2D eigenvalue weighted by molar-refractivity contribution is -0.142. The maximum Gasteiger partial charge on any atom is 0.306 e. The van der Waals surface area contributed by atoms with Crippen LogP contribution < -0.4 is 4.90 Å². The number of carboxylic acid groups (broad SMARTS) is 1. The number of hydrogen-bond acceptors (Lipinski definition) is 3. The molecule has 1 aromatic heterocycles. The molecule has 4 heteroatoms. The van der Waals surface area contributed by atoms with E-state index in [1.807, 2.05) is 30.5 Å². The number of anilines is 1. The van der Waals surface area contributed by atoms with Crippen LogP contribution in [0.4, 0.5) is 5.82 Å². The fourth-order valence-electron chi connectivity index (χ4n) is 2.76. The van der Waals surface area contributed by atoms with Gasteiger partial charge in [-0.2, -0.15) is 0 Å². The van der Waals surface area contributed by atoms with E-state index in [1.54, 1.807) is 0 Å². The van der Waals surface area contributed by atoms with Crippen LogP contribution in [-0.2, 0) is 4.79 Å². The Morgan fingerprint density at radius 1 is 1.10 bits per heavy atom. The van der Waals surface area contributed by atoms with Gasteiger partial charge in [-0.15, -0.1) is 0 Å². The minimum absolute atomic E-state index is 0.210. The van der Waals surface area contributed by atoms with E-state index in [1.165, 1.54) is 5.56 Å². The summed E-state index contributed by atoms with van der Waals surface area (Å²) in [6, 6.07) is 14.3. The van der Waals surface area contributed by atoms with Gasteiger partial charge in [-0.3, -0.25) is 4.79 Å². The van der Waals surface area contributed by atoms with Gasteiger partial charge in [0.1, 0.15) is 5.82 Å². The van der Waals surface area contributed by atoms with Crippen molar-refractivity contribution >= 4 is 11.8 Å². The molecule has 0 unspecified atom stereocenters. The molecule has 0 aliphatic carbocycles. The van der Waals surface area contributed by atoms with Crippen molar-refractivity contribution in [3.63, 3.8) is 0 Å². The third-order valence-electron chi connectivity index (χ3n) is 4.02. The van der Waals surface area contributed by atoms with Gasteiger partial charge < -0.3 is 10.0 Å². The van der Waals surface area contributed by atoms with Crippen LogP contribution in [0.3, 0.4) is 0 Å². The summed E-state index contributed by atoms with van der Waals surface area (Å²) in [6.45, 7) is 1.50. The Morgan fingerprint density at radius 2 is 1.81 bits per heavy atom. The van der Waals surface area contributed by atoms with Crippen LogP contribution in [0, 0.1) is 5.92 Å². The second-order valence-corrected chi connectivity index (χ2v) is 5.37. The van der Waals surface area contributed by atoms with E-state index in [4.69, 9.17) is 5.11 Å². The van der Waals surface area contributed by atoms with E-state index in [2.05, 4.69) is 28.1 Å². The number of benzene rings is 1. The van der Waals surface area contributed by atoms with Crippen molar-refractivity contribution in [1.29, 1.82) is 0 Å². The van der Waals surface area contributed by atoms with Gasteiger partial charge in [0, 0.05) is 19.3 Å². The van der Waals surface area contributed by atoms with E-state index in [0.29, 0.717) is 12.8 Å². The van der Waals surface area contributed by atoms with Crippen molar-refractivity contribution in [2.45, 2.75) is 12.8 Å². The van der Waals surface area contributed by atoms with E-state index in [-0.39, 0.29) is 5.92 Å². The number of piperidine rings is 1. The zero-order valence-electron chi connectivity index (χ0n) is 11.8. The second kappa shape index (κ2) is 5.95. The first-order valence-corrected chi connectivity index (χ1v) is 7.23. The summed E-state index contributed by atoms with van der Waals surface area (Å²) in [5.74, 6) is 0.0411. The molecule has 3 rings (SSSR count). The summed E-state index contributed by atoms with van der Waals surface area (Å²) in [6.07, 6.45) is 3.19. The summed E-state index contributed by atoms with van der Waals surface area (Å²) < 4.78 is 0. The number of aromatic nitrogens is 1. The zero-order valence-corrected chi connectivity index (χ0v) is 11.8. The molecule has 2 heterocycles. The van der Waals surface area contributed by atoms with Crippen LogP contribution in [0.25, 0.3) is 11.1 Å². The molecule has 0 bridgehead atoms. The predicted molar refractivity (Wildman–Crippen MR) is 82.2 cm³/mol. The average molecular weight is 282 g/mol. The third kappa shape index (κ3) is 3.05. The van der Waals surface area contributed by atoms with Crippen molar-refractivity contribution in [2.24, 2.45) is 5.92 Å². The Hall–Kier alpha value is -2.36. The second-order valence-electron chi connectivity index (χ2n) is 5.37. The van der Waals surface area contributed by atoms with E-state index in [9.17, 15) is 4.79 Å². The molecule has 0 radical (unpaired) electrons. The normalized spacial score (nSPS) is 15.9. The summed E-state index contributed by atoms with van der Waals surface area (Å²) >= 11 is 0. The largest absolute Gasteiger partial charge is 0.481 e. The average Bonchev–Trinajstić information content (AvgIpc) is 2.56. The van der Waals surface area contributed by atoms with Gasteiger partial charge >= 0.3 is 5.97 Å². The molecular formula is C17H18N2O2. The molecule has 1 aliphatic rings. The lowest BCUT2D eigenvalue weighted by Crippen LogP contribution is -2.36. The molecule has 1 fully saturated rings. The summed E-state index contributed by atoms with van der Waals surface area (Å²) in [7, 11) is 0. The molecule has 108 valence electrons. The number of hydrogen-bond donors (Lipinski definition) is 1. The molecule has 4 nitrogen and oxygen atoms in total. The van der Waals surface area contributed by atoms with Crippen LogP contribution in [0.15, 0.2) is 48.7 Å². The van der Waals surface area contributed by atoms with Crippen LogP contribution in [-0.4, -0.2) is 29.1 Å².